The number of rotatable bonds is 4. The molecule has 1 unspecified atom stereocenters. The van der Waals surface area contributed by atoms with Crippen molar-refractivity contribution in [2.24, 2.45) is 0 Å². The van der Waals surface area contributed by atoms with Gasteiger partial charge in [0, 0.05) is 5.69 Å². The van der Waals surface area contributed by atoms with Crippen molar-refractivity contribution in [1.29, 1.82) is 5.26 Å². The highest BCUT2D eigenvalue weighted by Gasteiger charge is 2.12. The van der Waals surface area contributed by atoms with E-state index < -0.39 is 6.04 Å². The maximum atomic E-state index is 11.5. The second-order valence-electron chi connectivity index (χ2n) is 3.37. The Morgan fingerprint density at radius 1 is 1.47 bits per heavy atom. The number of amides is 1. The maximum Gasteiger partial charge on any atom is 0.243 e. The summed E-state index contributed by atoms with van der Waals surface area (Å²) in [6, 6.07) is 6.38. The Morgan fingerprint density at radius 2 is 2.18 bits per heavy atom. The Labute approximate surface area is 110 Å². The highest BCUT2D eigenvalue weighted by atomic mass is 35.5. The lowest BCUT2D eigenvalue weighted by Gasteiger charge is -2.14. The van der Waals surface area contributed by atoms with Gasteiger partial charge in [0.25, 0.3) is 0 Å². The van der Waals surface area contributed by atoms with Crippen LogP contribution in [-0.2, 0) is 4.79 Å². The monoisotopic (exact) mass is 271 g/mol. The van der Waals surface area contributed by atoms with Crippen LogP contribution in [0, 0.1) is 11.3 Å². The first kappa shape index (κ1) is 13.6. The zero-order valence-electron chi connectivity index (χ0n) is 9.13. The Bertz CT molecular complexity index is 457. The predicted molar refractivity (Wildman–Crippen MR) is 68.2 cm³/mol. The smallest absolute Gasteiger partial charge is 0.243 e. The van der Waals surface area contributed by atoms with Crippen molar-refractivity contribution < 1.29 is 4.79 Å². The van der Waals surface area contributed by atoms with Crippen LogP contribution in [-0.4, -0.2) is 18.5 Å². The number of nitriles is 1. The minimum atomic E-state index is -0.458. The third-order valence-corrected chi connectivity index (χ3v) is 2.78. The summed E-state index contributed by atoms with van der Waals surface area (Å²) in [6.07, 6.45) is 0. The Kier molecular flexibility index (Phi) is 5.08. The van der Waals surface area contributed by atoms with Gasteiger partial charge in [-0.25, -0.2) is 0 Å². The van der Waals surface area contributed by atoms with Gasteiger partial charge in [-0.05, 0) is 25.1 Å². The minimum absolute atomic E-state index is 0.00771. The maximum absolute atomic E-state index is 11.5. The standard InChI is InChI=1S/C11H11Cl2N3O/c1-7(11(17)15-5-4-14)16-8-2-3-9(12)10(13)6-8/h2-3,6-7,16H,5H2,1H3,(H,15,17). The van der Waals surface area contributed by atoms with Gasteiger partial charge < -0.3 is 10.6 Å². The van der Waals surface area contributed by atoms with Gasteiger partial charge in [-0.2, -0.15) is 5.26 Å². The SMILES string of the molecule is CC(Nc1ccc(Cl)c(Cl)c1)C(=O)NCC#N. The number of halogens is 2. The van der Waals surface area contributed by atoms with Crippen molar-refractivity contribution in [3.8, 4) is 6.07 Å². The first-order chi connectivity index (χ1) is 8.04. The van der Waals surface area contributed by atoms with Gasteiger partial charge in [0.05, 0.1) is 16.1 Å². The molecule has 1 aromatic carbocycles. The van der Waals surface area contributed by atoms with Gasteiger partial charge in [-0.3, -0.25) is 4.79 Å². The predicted octanol–water partition coefficient (Wildman–Crippen LogP) is 2.43. The molecule has 1 amide bonds. The van der Waals surface area contributed by atoms with Crippen LogP contribution in [0.1, 0.15) is 6.92 Å². The minimum Gasteiger partial charge on any atom is -0.374 e. The number of benzene rings is 1. The van der Waals surface area contributed by atoms with E-state index >= 15 is 0 Å². The van der Waals surface area contributed by atoms with E-state index in [1.165, 1.54) is 0 Å². The Hall–Kier alpha value is -1.44. The summed E-state index contributed by atoms with van der Waals surface area (Å²) in [7, 11) is 0. The van der Waals surface area contributed by atoms with E-state index in [0.717, 1.165) is 0 Å². The van der Waals surface area contributed by atoms with Crippen LogP contribution in [0.25, 0.3) is 0 Å². The van der Waals surface area contributed by atoms with Crippen LogP contribution in [0.5, 0.6) is 0 Å². The van der Waals surface area contributed by atoms with Gasteiger partial charge in [-0.1, -0.05) is 23.2 Å². The lowest BCUT2D eigenvalue weighted by atomic mass is 10.2. The van der Waals surface area contributed by atoms with E-state index in [1.54, 1.807) is 25.1 Å². The summed E-state index contributed by atoms with van der Waals surface area (Å²) < 4.78 is 0. The third-order valence-electron chi connectivity index (χ3n) is 2.04. The number of carbonyl (C=O) groups excluding carboxylic acids is 1. The lowest BCUT2D eigenvalue weighted by molar-refractivity contribution is -0.121. The molecule has 1 atom stereocenters. The molecule has 1 rings (SSSR count). The number of hydrogen-bond donors (Lipinski definition) is 2. The molecule has 0 aliphatic rings. The van der Waals surface area contributed by atoms with Crippen LogP contribution in [0.2, 0.25) is 10.0 Å². The topological polar surface area (TPSA) is 64.9 Å². The third kappa shape index (κ3) is 4.14. The van der Waals surface area contributed by atoms with Crippen molar-refractivity contribution in [3.63, 3.8) is 0 Å². The summed E-state index contributed by atoms with van der Waals surface area (Å²) in [5.74, 6) is -0.252. The molecule has 0 saturated heterocycles. The fourth-order valence-corrected chi connectivity index (χ4v) is 1.48. The molecule has 0 aliphatic heterocycles. The summed E-state index contributed by atoms with van der Waals surface area (Å²) >= 11 is 11.6. The van der Waals surface area contributed by atoms with E-state index in [-0.39, 0.29) is 12.5 Å². The molecule has 0 heterocycles. The van der Waals surface area contributed by atoms with Crippen LogP contribution < -0.4 is 10.6 Å². The highest BCUT2D eigenvalue weighted by Crippen LogP contribution is 2.25. The number of carbonyl (C=O) groups is 1. The molecule has 0 aromatic heterocycles. The molecular formula is C11H11Cl2N3O. The van der Waals surface area contributed by atoms with E-state index in [1.807, 2.05) is 6.07 Å². The molecule has 1 aromatic rings. The molecule has 6 heteroatoms. The second kappa shape index (κ2) is 6.33. The van der Waals surface area contributed by atoms with Gasteiger partial charge in [0.1, 0.15) is 12.6 Å². The van der Waals surface area contributed by atoms with Crippen molar-refractivity contribution in [2.45, 2.75) is 13.0 Å². The molecule has 0 bridgehead atoms. The molecule has 90 valence electrons. The molecule has 0 spiro atoms. The first-order valence-electron chi connectivity index (χ1n) is 4.91. The largest absolute Gasteiger partial charge is 0.374 e. The fraction of sp³-hybridized carbons (Fsp3) is 0.273. The number of anilines is 1. The Balaban J connectivity index is 2.62. The van der Waals surface area contributed by atoms with Gasteiger partial charge in [0.15, 0.2) is 0 Å². The zero-order valence-corrected chi connectivity index (χ0v) is 10.6. The van der Waals surface area contributed by atoms with E-state index in [9.17, 15) is 4.79 Å². The zero-order chi connectivity index (χ0) is 12.8. The number of hydrogen-bond acceptors (Lipinski definition) is 3. The number of nitrogens with one attached hydrogen (secondary N) is 2. The lowest BCUT2D eigenvalue weighted by Crippen LogP contribution is -2.37. The average molecular weight is 272 g/mol. The van der Waals surface area contributed by atoms with Gasteiger partial charge in [0.2, 0.25) is 5.91 Å². The highest BCUT2D eigenvalue weighted by molar-refractivity contribution is 6.42. The van der Waals surface area contributed by atoms with Crippen molar-refractivity contribution in [2.75, 3.05) is 11.9 Å². The molecule has 2 N–H and O–H groups in total. The Morgan fingerprint density at radius 3 is 2.76 bits per heavy atom. The quantitative estimate of drug-likeness (QED) is 0.827. The summed E-state index contributed by atoms with van der Waals surface area (Å²) in [6.45, 7) is 1.68. The molecule has 17 heavy (non-hydrogen) atoms. The summed E-state index contributed by atoms with van der Waals surface area (Å²) in [5, 5.41) is 14.6. The fourth-order valence-electron chi connectivity index (χ4n) is 1.18. The van der Waals surface area contributed by atoms with Crippen molar-refractivity contribution in [1.82, 2.24) is 5.32 Å². The molecule has 0 aliphatic carbocycles. The molecule has 4 nitrogen and oxygen atoms in total. The van der Waals surface area contributed by atoms with E-state index in [4.69, 9.17) is 28.5 Å². The normalized spacial score (nSPS) is 11.4. The van der Waals surface area contributed by atoms with Gasteiger partial charge in [-0.15, -0.1) is 0 Å². The van der Waals surface area contributed by atoms with Gasteiger partial charge >= 0.3 is 0 Å². The van der Waals surface area contributed by atoms with Crippen LogP contribution in [0.15, 0.2) is 18.2 Å². The first-order valence-corrected chi connectivity index (χ1v) is 5.66. The summed E-state index contributed by atoms with van der Waals surface area (Å²) in [5.41, 5.74) is 0.694. The molecule has 0 fully saturated rings. The molecular weight excluding hydrogens is 261 g/mol. The van der Waals surface area contributed by atoms with Crippen molar-refractivity contribution >= 4 is 34.8 Å². The van der Waals surface area contributed by atoms with Crippen LogP contribution >= 0.6 is 23.2 Å². The number of nitrogens with zero attached hydrogens (tertiary/aromatic N) is 1. The van der Waals surface area contributed by atoms with Crippen molar-refractivity contribution in [3.05, 3.63) is 28.2 Å². The van der Waals surface area contributed by atoms with Crippen LogP contribution in [0.4, 0.5) is 5.69 Å². The molecule has 0 saturated carbocycles. The second-order valence-corrected chi connectivity index (χ2v) is 4.19. The van der Waals surface area contributed by atoms with Crippen LogP contribution in [0.3, 0.4) is 0 Å². The summed E-state index contributed by atoms with van der Waals surface area (Å²) in [4.78, 5) is 11.5. The average Bonchev–Trinajstić information content (AvgIpc) is 2.30. The molecule has 0 radical (unpaired) electrons. The van der Waals surface area contributed by atoms with E-state index in [2.05, 4.69) is 10.6 Å². The van der Waals surface area contributed by atoms with E-state index in [0.29, 0.717) is 15.7 Å².